The number of hydrogen-bond acceptors (Lipinski definition) is 3. The molecule has 0 saturated heterocycles. The maximum absolute atomic E-state index is 12.0. The number of aromatic nitrogens is 4. The van der Waals surface area contributed by atoms with Crippen molar-refractivity contribution in [3.63, 3.8) is 0 Å². The molecule has 0 radical (unpaired) electrons. The van der Waals surface area contributed by atoms with E-state index in [4.69, 9.17) is 0 Å². The van der Waals surface area contributed by atoms with Crippen molar-refractivity contribution in [1.29, 1.82) is 0 Å². The van der Waals surface area contributed by atoms with Gasteiger partial charge in [-0.2, -0.15) is 5.10 Å². The molecule has 3 rings (SSSR count). The molecule has 0 aliphatic rings. The summed E-state index contributed by atoms with van der Waals surface area (Å²) in [5.41, 5.74) is 3.66. The third-order valence-electron chi connectivity index (χ3n) is 4.12. The first kappa shape index (κ1) is 16.8. The minimum absolute atomic E-state index is 0.188. The number of imidazole rings is 1. The zero-order valence-electron chi connectivity index (χ0n) is 14.6. The minimum Gasteiger partial charge on any atom is -0.332 e. The lowest BCUT2D eigenvalue weighted by Crippen LogP contribution is -2.28. The summed E-state index contributed by atoms with van der Waals surface area (Å²) in [6.07, 6.45) is 3.77. The first-order valence-electron chi connectivity index (χ1n) is 8.18. The summed E-state index contributed by atoms with van der Waals surface area (Å²) in [6.45, 7) is 6.41. The summed E-state index contributed by atoms with van der Waals surface area (Å²) in [7, 11) is 0. The number of rotatable bonds is 5. The largest absolute Gasteiger partial charge is 0.332 e. The fourth-order valence-corrected chi connectivity index (χ4v) is 2.71. The fourth-order valence-electron chi connectivity index (χ4n) is 2.71. The number of carbonyl (C=O) groups is 1. The van der Waals surface area contributed by atoms with Crippen molar-refractivity contribution in [2.24, 2.45) is 0 Å². The molecule has 2 aromatic heterocycles. The van der Waals surface area contributed by atoms with Crippen LogP contribution in [0, 0.1) is 13.8 Å². The molecular formula is C18H22N6O. The summed E-state index contributed by atoms with van der Waals surface area (Å²) in [4.78, 5) is 16.2. The molecule has 0 fully saturated rings. The highest BCUT2D eigenvalue weighted by Gasteiger charge is 2.10. The smallest absolute Gasteiger partial charge is 0.319 e. The third kappa shape index (κ3) is 4.06. The molecule has 1 aromatic carbocycles. The van der Waals surface area contributed by atoms with Gasteiger partial charge in [0.1, 0.15) is 5.82 Å². The second-order valence-corrected chi connectivity index (χ2v) is 6.03. The van der Waals surface area contributed by atoms with Gasteiger partial charge in [-0.15, -0.1) is 0 Å². The van der Waals surface area contributed by atoms with Crippen LogP contribution in [0.5, 0.6) is 0 Å². The molecule has 7 nitrogen and oxygen atoms in total. The van der Waals surface area contributed by atoms with Gasteiger partial charge in [0, 0.05) is 23.8 Å². The Morgan fingerprint density at radius 1 is 1.28 bits per heavy atom. The standard InChI is InChI=1S/C18H22N6O/c1-12-10-17(23-22-12)11-20-18(25)21-16-6-4-15(5-7-16)13(2)24-9-8-19-14(24)3/h4-10,13H,11H2,1-3H3,(H,22,23)(H2,20,21,25)/t13-/m0/s1. The van der Waals surface area contributed by atoms with E-state index < -0.39 is 0 Å². The zero-order valence-corrected chi connectivity index (χ0v) is 14.6. The number of aromatic amines is 1. The van der Waals surface area contributed by atoms with Crippen LogP contribution in [-0.2, 0) is 6.54 Å². The molecule has 0 unspecified atom stereocenters. The van der Waals surface area contributed by atoms with Crippen LogP contribution < -0.4 is 10.6 Å². The minimum atomic E-state index is -0.257. The third-order valence-corrected chi connectivity index (χ3v) is 4.12. The lowest BCUT2D eigenvalue weighted by atomic mass is 10.1. The molecule has 3 aromatic rings. The van der Waals surface area contributed by atoms with Crippen molar-refractivity contribution in [1.82, 2.24) is 25.1 Å². The molecule has 0 aliphatic heterocycles. The lowest BCUT2D eigenvalue weighted by molar-refractivity contribution is 0.251. The highest BCUT2D eigenvalue weighted by molar-refractivity contribution is 5.89. The molecule has 0 bridgehead atoms. The van der Waals surface area contributed by atoms with E-state index in [1.807, 2.05) is 50.4 Å². The summed E-state index contributed by atoms with van der Waals surface area (Å²) >= 11 is 0. The van der Waals surface area contributed by atoms with E-state index in [-0.39, 0.29) is 12.1 Å². The number of nitrogens with zero attached hydrogens (tertiary/aromatic N) is 3. The lowest BCUT2D eigenvalue weighted by Gasteiger charge is -2.16. The van der Waals surface area contributed by atoms with E-state index in [0.29, 0.717) is 6.54 Å². The van der Waals surface area contributed by atoms with Crippen LogP contribution in [0.4, 0.5) is 10.5 Å². The Labute approximate surface area is 146 Å². The van der Waals surface area contributed by atoms with Crippen LogP contribution >= 0.6 is 0 Å². The SMILES string of the molecule is Cc1cc(CNC(=O)Nc2ccc([C@H](C)n3ccnc3C)cc2)n[nH]1. The molecule has 3 N–H and O–H groups in total. The van der Waals surface area contributed by atoms with Crippen LogP contribution in [0.3, 0.4) is 0 Å². The number of hydrogen-bond donors (Lipinski definition) is 3. The number of aryl methyl sites for hydroxylation is 2. The topological polar surface area (TPSA) is 87.6 Å². The molecular weight excluding hydrogens is 316 g/mol. The highest BCUT2D eigenvalue weighted by Crippen LogP contribution is 2.21. The number of carbonyl (C=O) groups excluding carboxylic acids is 1. The Hall–Kier alpha value is -3.09. The van der Waals surface area contributed by atoms with Gasteiger partial charge in [0.25, 0.3) is 0 Å². The summed E-state index contributed by atoms with van der Waals surface area (Å²) in [5, 5.41) is 12.5. The van der Waals surface area contributed by atoms with Crippen molar-refractivity contribution in [3.8, 4) is 0 Å². The van der Waals surface area contributed by atoms with Gasteiger partial charge in [-0.05, 0) is 44.5 Å². The van der Waals surface area contributed by atoms with E-state index in [1.165, 1.54) is 0 Å². The predicted molar refractivity (Wildman–Crippen MR) is 96.4 cm³/mol. The van der Waals surface area contributed by atoms with Gasteiger partial charge in [0.15, 0.2) is 0 Å². The zero-order chi connectivity index (χ0) is 17.8. The molecule has 2 heterocycles. The number of amides is 2. The van der Waals surface area contributed by atoms with Gasteiger partial charge in [-0.3, -0.25) is 5.10 Å². The highest BCUT2D eigenvalue weighted by atomic mass is 16.2. The normalized spacial score (nSPS) is 12.0. The van der Waals surface area contributed by atoms with Crippen LogP contribution in [-0.4, -0.2) is 25.8 Å². The number of anilines is 1. The van der Waals surface area contributed by atoms with Crippen molar-refractivity contribution in [3.05, 3.63) is 65.5 Å². The van der Waals surface area contributed by atoms with Gasteiger partial charge < -0.3 is 15.2 Å². The Balaban J connectivity index is 1.57. The van der Waals surface area contributed by atoms with Crippen LogP contribution in [0.1, 0.15) is 35.7 Å². The second kappa shape index (κ2) is 7.21. The van der Waals surface area contributed by atoms with Crippen molar-refractivity contribution in [2.75, 3.05) is 5.32 Å². The Morgan fingerprint density at radius 2 is 2.04 bits per heavy atom. The van der Waals surface area contributed by atoms with Crippen LogP contribution in [0.2, 0.25) is 0 Å². The monoisotopic (exact) mass is 338 g/mol. The van der Waals surface area contributed by atoms with E-state index in [0.717, 1.165) is 28.5 Å². The average Bonchev–Trinajstić information content (AvgIpc) is 3.21. The van der Waals surface area contributed by atoms with Crippen LogP contribution in [0.25, 0.3) is 0 Å². The Kier molecular flexibility index (Phi) is 4.83. The number of nitrogens with one attached hydrogen (secondary N) is 3. The van der Waals surface area contributed by atoms with Crippen molar-refractivity contribution < 1.29 is 4.79 Å². The van der Waals surface area contributed by atoms with Crippen LogP contribution in [0.15, 0.2) is 42.7 Å². The summed E-state index contributed by atoms with van der Waals surface area (Å²) in [5.74, 6) is 0.975. The first-order chi connectivity index (χ1) is 12.0. The maximum Gasteiger partial charge on any atom is 0.319 e. The Bertz CT molecular complexity index is 849. The molecule has 130 valence electrons. The molecule has 25 heavy (non-hydrogen) atoms. The van der Waals surface area contributed by atoms with E-state index >= 15 is 0 Å². The second-order valence-electron chi connectivity index (χ2n) is 6.03. The number of H-pyrrole nitrogens is 1. The van der Waals surface area contributed by atoms with Crippen molar-refractivity contribution >= 4 is 11.7 Å². The Morgan fingerprint density at radius 3 is 2.64 bits per heavy atom. The molecule has 1 atom stereocenters. The van der Waals surface area contributed by atoms with Gasteiger partial charge in [-0.1, -0.05) is 12.1 Å². The summed E-state index contributed by atoms with van der Waals surface area (Å²) in [6, 6.07) is 9.65. The molecule has 0 aliphatic carbocycles. The van der Waals surface area contributed by atoms with Gasteiger partial charge in [0.05, 0.1) is 18.3 Å². The quantitative estimate of drug-likeness (QED) is 0.668. The molecule has 0 saturated carbocycles. The van der Waals surface area contributed by atoms with Gasteiger partial charge in [0.2, 0.25) is 0 Å². The maximum atomic E-state index is 12.0. The van der Waals surface area contributed by atoms with Gasteiger partial charge in [-0.25, -0.2) is 9.78 Å². The molecule has 2 amide bonds. The number of urea groups is 1. The fraction of sp³-hybridized carbons (Fsp3) is 0.278. The average molecular weight is 338 g/mol. The van der Waals surface area contributed by atoms with E-state index in [2.05, 4.69) is 37.3 Å². The van der Waals surface area contributed by atoms with Gasteiger partial charge >= 0.3 is 6.03 Å². The predicted octanol–water partition coefficient (Wildman–Crippen LogP) is 3.15. The molecule has 7 heteroatoms. The molecule has 0 spiro atoms. The van der Waals surface area contributed by atoms with E-state index in [9.17, 15) is 4.79 Å². The summed E-state index contributed by atoms with van der Waals surface area (Å²) < 4.78 is 2.11. The number of benzene rings is 1. The van der Waals surface area contributed by atoms with Crippen molar-refractivity contribution in [2.45, 2.75) is 33.4 Å². The first-order valence-corrected chi connectivity index (χ1v) is 8.18. The van der Waals surface area contributed by atoms with E-state index in [1.54, 1.807) is 6.20 Å².